The van der Waals surface area contributed by atoms with Crippen molar-refractivity contribution in [2.45, 2.75) is 50.1 Å². The van der Waals surface area contributed by atoms with Gasteiger partial charge in [0.2, 0.25) is 0 Å². The zero-order chi connectivity index (χ0) is 19.7. The summed E-state index contributed by atoms with van der Waals surface area (Å²) in [5.41, 5.74) is 2.63. The summed E-state index contributed by atoms with van der Waals surface area (Å²) in [5, 5.41) is 20.0. The van der Waals surface area contributed by atoms with Gasteiger partial charge in [-0.2, -0.15) is 0 Å². The fourth-order valence-corrected chi connectivity index (χ4v) is 3.04. The number of carbonyl (C=O) groups is 1. The molecule has 5 heteroatoms. The molecule has 0 aliphatic carbocycles. The fraction of sp³-hybridized carbons (Fsp3) is 0.381. The van der Waals surface area contributed by atoms with Crippen LogP contribution in [0.25, 0.3) is 0 Å². The molecule has 0 heterocycles. The first kappa shape index (κ1) is 20.6. The number of hydrogen-bond donors (Lipinski definition) is 2. The average molecular weight is 468 g/mol. The van der Waals surface area contributed by atoms with Crippen molar-refractivity contribution in [1.82, 2.24) is 0 Å². The number of rotatable bonds is 4. The molecule has 0 unspecified atom stereocenters. The molecule has 0 aliphatic rings. The first-order valence-electron chi connectivity index (χ1n) is 8.41. The van der Waals surface area contributed by atoms with Crippen molar-refractivity contribution in [2.24, 2.45) is 0 Å². The van der Waals surface area contributed by atoms with Gasteiger partial charge in [0.25, 0.3) is 0 Å². The highest BCUT2D eigenvalue weighted by Gasteiger charge is 2.27. The van der Waals surface area contributed by atoms with Gasteiger partial charge in [0.1, 0.15) is 18.1 Å². The largest absolute Gasteiger partial charge is 0.508 e. The van der Waals surface area contributed by atoms with Crippen molar-refractivity contribution >= 4 is 28.6 Å². The van der Waals surface area contributed by atoms with Crippen molar-refractivity contribution in [3.63, 3.8) is 0 Å². The van der Waals surface area contributed by atoms with Gasteiger partial charge in [-0.25, -0.2) is 4.79 Å². The van der Waals surface area contributed by atoms with E-state index >= 15 is 0 Å². The summed E-state index contributed by atoms with van der Waals surface area (Å²) in [4.78, 5) is 12.2. The van der Waals surface area contributed by atoms with Crippen LogP contribution < -0.4 is 0 Å². The van der Waals surface area contributed by atoms with Crippen LogP contribution in [0.5, 0.6) is 11.5 Å². The van der Waals surface area contributed by atoms with Crippen LogP contribution in [0.15, 0.2) is 36.4 Å². The van der Waals surface area contributed by atoms with E-state index < -0.39 is 5.97 Å². The molecule has 2 aromatic carbocycles. The monoisotopic (exact) mass is 468 g/mol. The second-order valence-corrected chi connectivity index (χ2v) is 10.6. The lowest BCUT2D eigenvalue weighted by Crippen LogP contribution is -2.17. The van der Waals surface area contributed by atoms with Gasteiger partial charge in [-0.1, -0.05) is 43.4 Å². The van der Waals surface area contributed by atoms with Gasteiger partial charge < -0.3 is 14.9 Å². The second kappa shape index (κ2) is 7.47. The van der Waals surface area contributed by atoms with Crippen molar-refractivity contribution in [2.75, 3.05) is 0 Å². The molecule has 4 nitrogen and oxygen atoms in total. The normalized spacial score (nSPS) is 12.1. The molecule has 0 aliphatic heterocycles. The third-order valence-corrected chi connectivity index (χ3v) is 4.67. The number of ether oxygens (including phenoxy) is 1. The van der Waals surface area contributed by atoms with Gasteiger partial charge in [0.15, 0.2) is 0 Å². The van der Waals surface area contributed by atoms with Gasteiger partial charge in [0.05, 0.1) is 5.56 Å². The molecule has 0 atom stereocenters. The SMILES string of the molecule is CC(C)(C)c1cc(COC(=O)c2ccc(O)cc2)cc(C(C)(C)I)c1O. The summed E-state index contributed by atoms with van der Waals surface area (Å²) in [6.45, 7) is 10.3. The summed E-state index contributed by atoms with van der Waals surface area (Å²) in [5.74, 6) is -0.0556. The Morgan fingerprint density at radius 1 is 1.00 bits per heavy atom. The minimum absolute atomic E-state index is 0.101. The van der Waals surface area contributed by atoms with E-state index in [1.807, 2.05) is 46.8 Å². The Morgan fingerprint density at radius 3 is 2.04 bits per heavy atom. The highest BCUT2D eigenvalue weighted by molar-refractivity contribution is 14.1. The Labute approximate surface area is 168 Å². The average Bonchev–Trinajstić information content (AvgIpc) is 2.52. The van der Waals surface area contributed by atoms with Crippen LogP contribution in [0.4, 0.5) is 0 Å². The minimum Gasteiger partial charge on any atom is -0.508 e. The highest BCUT2D eigenvalue weighted by Crippen LogP contribution is 2.42. The van der Waals surface area contributed by atoms with E-state index in [0.29, 0.717) is 11.3 Å². The Morgan fingerprint density at radius 2 is 1.54 bits per heavy atom. The third kappa shape index (κ3) is 4.90. The Kier molecular flexibility index (Phi) is 5.90. The lowest BCUT2D eigenvalue weighted by molar-refractivity contribution is 0.0472. The molecular formula is C21H25IO4. The van der Waals surface area contributed by atoms with Gasteiger partial charge in [0, 0.05) is 8.99 Å². The smallest absolute Gasteiger partial charge is 0.338 e. The summed E-state index contributed by atoms with van der Waals surface area (Å²) >= 11 is 2.29. The zero-order valence-electron chi connectivity index (χ0n) is 15.8. The number of carbonyl (C=O) groups excluding carboxylic acids is 1. The molecule has 0 spiro atoms. The van der Waals surface area contributed by atoms with Gasteiger partial charge in [-0.3, -0.25) is 0 Å². The van der Waals surface area contributed by atoms with Crippen LogP contribution in [0.2, 0.25) is 0 Å². The molecule has 0 fully saturated rings. The third-order valence-electron chi connectivity index (χ3n) is 4.09. The number of phenols is 2. The maximum absolute atomic E-state index is 12.2. The summed E-state index contributed by atoms with van der Waals surface area (Å²) < 4.78 is 5.16. The highest BCUT2D eigenvalue weighted by atomic mass is 127. The number of aromatic hydroxyl groups is 2. The molecule has 2 aromatic rings. The molecule has 0 amide bonds. The lowest BCUT2D eigenvalue weighted by atomic mass is 9.82. The predicted molar refractivity (Wildman–Crippen MR) is 111 cm³/mol. The molecule has 0 saturated carbocycles. The number of halogens is 1. The Bertz CT molecular complexity index is 761. The Hall–Kier alpha value is -1.76. The van der Waals surface area contributed by atoms with Gasteiger partial charge in [-0.15, -0.1) is 0 Å². The molecule has 26 heavy (non-hydrogen) atoms. The van der Waals surface area contributed by atoms with Crippen molar-refractivity contribution in [3.05, 3.63) is 58.7 Å². The topological polar surface area (TPSA) is 66.8 Å². The maximum Gasteiger partial charge on any atom is 0.338 e. The molecule has 2 N–H and O–H groups in total. The maximum atomic E-state index is 12.2. The standard InChI is InChI=1S/C21H25IO4/c1-20(2,3)16-10-13(11-17(18(16)24)21(4,5)22)12-26-19(25)14-6-8-15(23)9-7-14/h6-11,23-24H,12H2,1-5H3. The van der Waals surface area contributed by atoms with Gasteiger partial charge in [-0.05, 0) is 66.8 Å². The quantitative estimate of drug-likeness (QED) is 0.357. The molecule has 140 valence electrons. The number of esters is 1. The lowest BCUT2D eigenvalue weighted by Gasteiger charge is -2.27. The molecule has 0 radical (unpaired) electrons. The molecule has 0 saturated heterocycles. The summed E-state index contributed by atoms with van der Waals surface area (Å²) in [6, 6.07) is 9.73. The molecule has 0 bridgehead atoms. The molecule has 0 aromatic heterocycles. The summed E-state index contributed by atoms with van der Waals surface area (Å²) in [7, 11) is 0. The van der Waals surface area contributed by atoms with Crippen LogP contribution in [0, 0.1) is 0 Å². The number of phenolic OH excluding ortho intramolecular Hbond substituents is 2. The minimum atomic E-state index is -0.453. The van der Waals surface area contributed by atoms with E-state index in [1.54, 1.807) is 0 Å². The first-order chi connectivity index (χ1) is 11.9. The van der Waals surface area contributed by atoms with E-state index in [1.165, 1.54) is 24.3 Å². The van der Waals surface area contributed by atoms with E-state index in [9.17, 15) is 15.0 Å². The van der Waals surface area contributed by atoms with E-state index in [4.69, 9.17) is 4.74 Å². The Balaban J connectivity index is 2.31. The van der Waals surface area contributed by atoms with Crippen molar-refractivity contribution in [1.29, 1.82) is 0 Å². The number of alkyl halides is 1. The molecular weight excluding hydrogens is 443 g/mol. The van der Waals surface area contributed by atoms with Crippen molar-refractivity contribution < 1.29 is 19.7 Å². The van der Waals surface area contributed by atoms with Crippen molar-refractivity contribution in [3.8, 4) is 11.5 Å². The number of hydrogen-bond acceptors (Lipinski definition) is 4. The second-order valence-electron chi connectivity index (χ2n) is 7.89. The van der Waals surface area contributed by atoms with Crippen LogP contribution in [-0.2, 0) is 20.2 Å². The van der Waals surface area contributed by atoms with Crippen LogP contribution in [0.3, 0.4) is 0 Å². The predicted octanol–water partition coefficient (Wildman–Crippen LogP) is 5.42. The first-order valence-corrected chi connectivity index (χ1v) is 9.49. The van der Waals surface area contributed by atoms with E-state index in [2.05, 4.69) is 22.6 Å². The van der Waals surface area contributed by atoms with Crippen LogP contribution in [-0.4, -0.2) is 16.2 Å². The van der Waals surface area contributed by atoms with Crippen LogP contribution >= 0.6 is 22.6 Å². The number of benzene rings is 2. The van der Waals surface area contributed by atoms with E-state index in [-0.39, 0.29) is 21.2 Å². The summed E-state index contributed by atoms with van der Waals surface area (Å²) in [6.07, 6.45) is 0. The van der Waals surface area contributed by atoms with Gasteiger partial charge >= 0.3 is 5.97 Å². The molecule has 2 rings (SSSR count). The van der Waals surface area contributed by atoms with Crippen LogP contribution in [0.1, 0.15) is 61.7 Å². The van der Waals surface area contributed by atoms with E-state index in [0.717, 1.165) is 16.7 Å². The fourth-order valence-electron chi connectivity index (χ4n) is 2.63. The zero-order valence-corrected chi connectivity index (χ0v) is 17.9.